The summed E-state index contributed by atoms with van der Waals surface area (Å²) in [6.07, 6.45) is 2.20. The Labute approximate surface area is 159 Å². The van der Waals surface area contributed by atoms with Gasteiger partial charge in [-0.15, -0.1) is 15.3 Å². The van der Waals surface area contributed by atoms with Gasteiger partial charge in [-0.05, 0) is 50.4 Å². The van der Waals surface area contributed by atoms with Gasteiger partial charge >= 0.3 is 0 Å². The quantitative estimate of drug-likeness (QED) is 0.654. The number of amides is 1. The van der Waals surface area contributed by atoms with Crippen molar-refractivity contribution in [3.05, 3.63) is 35.2 Å². The summed E-state index contributed by atoms with van der Waals surface area (Å²) in [6.45, 7) is 5.01. The number of thioether (sulfide) groups is 1. The van der Waals surface area contributed by atoms with Crippen LogP contribution in [0.2, 0.25) is 0 Å². The number of aryl methyl sites for hydroxylation is 2. The summed E-state index contributed by atoms with van der Waals surface area (Å²) in [5.74, 6) is 1.14. The van der Waals surface area contributed by atoms with E-state index in [9.17, 15) is 4.79 Å². The number of hydrogen-bond donors (Lipinski definition) is 2. The van der Waals surface area contributed by atoms with E-state index in [-0.39, 0.29) is 11.9 Å². The highest BCUT2D eigenvalue weighted by atomic mass is 32.2. The van der Waals surface area contributed by atoms with Gasteiger partial charge in [0.1, 0.15) is 0 Å². The van der Waals surface area contributed by atoms with E-state index >= 15 is 0 Å². The van der Waals surface area contributed by atoms with Gasteiger partial charge in [0.25, 0.3) is 0 Å². The molecule has 1 aromatic carbocycles. The lowest BCUT2D eigenvalue weighted by molar-refractivity contribution is -0.113. The topological polar surface area (TPSA) is 84.2 Å². The minimum Gasteiger partial charge on any atom is -0.325 e. The maximum Gasteiger partial charge on any atom is 0.235 e. The first kappa shape index (κ1) is 17.4. The Kier molecular flexibility index (Phi) is 4.92. The van der Waals surface area contributed by atoms with E-state index in [0.29, 0.717) is 5.75 Å². The van der Waals surface area contributed by atoms with Crippen molar-refractivity contribution in [3.63, 3.8) is 0 Å². The van der Waals surface area contributed by atoms with Crippen molar-refractivity contribution in [2.24, 2.45) is 0 Å². The molecule has 1 amide bonds. The van der Waals surface area contributed by atoms with Gasteiger partial charge in [-0.25, -0.2) is 0 Å². The van der Waals surface area contributed by atoms with Gasteiger partial charge in [0.15, 0.2) is 10.2 Å². The Morgan fingerprint density at radius 2 is 2.31 bits per heavy atom. The molecule has 1 fully saturated rings. The molecule has 1 aliphatic heterocycles. The fraction of sp³-hybridized carbons (Fsp3) is 0.412. The first-order valence-electron chi connectivity index (χ1n) is 8.55. The fourth-order valence-electron chi connectivity index (χ4n) is 2.98. The summed E-state index contributed by atoms with van der Waals surface area (Å²) >= 11 is 2.89. The second kappa shape index (κ2) is 7.34. The largest absolute Gasteiger partial charge is 0.325 e. The van der Waals surface area contributed by atoms with Crippen LogP contribution >= 0.6 is 23.1 Å². The zero-order valence-electron chi connectivity index (χ0n) is 14.7. The minimum absolute atomic E-state index is 0.0349. The lowest BCUT2D eigenvalue weighted by Crippen LogP contribution is -2.16. The monoisotopic (exact) mass is 388 g/mol. The molecule has 2 aromatic heterocycles. The summed E-state index contributed by atoms with van der Waals surface area (Å²) in [5.41, 5.74) is 3.05. The summed E-state index contributed by atoms with van der Waals surface area (Å²) in [5, 5.41) is 19.4. The van der Waals surface area contributed by atoms with Crippen LogP contribution in [-0.2, 0) is 4.79 Å². The molecule has 136 valence electrons. The van der Waals surface area contributed by atoms with Crippen molar-refractivity contribution in [3.8, 4) is 0 Å². The molecule has 0 bridgehead atoms. The first-order valence-corrected chi connectivity index (χ1v) is 10.4. The highest BCUT2D eigenvalue weighted by Crippen LogP contribution is 2.28. The Morgan fingerprint density at radius 3 is 3.12 bits per heavy atom. The number of carbonyl (C=O) groups is 1. The molecule has 3 heterocycles. The summed E-state index contributed by atoms with van der Waals surface area (Å²) in [4.78, 5) is 13.0. The molecule has 1 saturated heterocycles. The van der Waals surface area contributed by atoms with Crippen molar-refractivity contribution in [2.75, 3.05) is 17.6 Å². The Balaban J connectivity index is 1.41. The molecule has 2 N–H and O–H groups in total. The third-order valence-corrected chi connectivity index (χ3v) is 6.39. The minimum atomic E-state index is -0.0349. The molecular weight excluding hydrogens is 368 g/mol. The van der Waals surface area contributed by atoms with E-state index in [2.05, 4.69) is 25.9 Å². The molecule has 7 nitrogen and oxygen atoms in total. The van der Waals surface area contributed by atoms with Crippen LogP contribution in [0.5, 0.6) is 0 Å². The van der Waals surface area contributed by atoms with E-state index in [1.54, 1.807) is 4.52 Å². The Hall–Kier alpha value is -1.97. The highest BCUT2D eigenvalue weighted by molar-refractivity contribution is 8.01. The van der Waals surface area contributed by atoms with Gasteiger partial charge in [0, 0.05) is 5.69 Å². The molecule has 1 atom stereocenters. The number of aromatic nitrogens is 4. The van der Waals surface area contributed by atoms with E-state index in [1.807, 2.05) is 32.0 Å². The van der Waals surface area contributed by atoms with Crippen LogP contribution < -0.4 is 10.6 Å². The number of rotatable bonds is 5. The molecule has 0 radical (unpaired) electrons. The predicted molar refractivity (Wildman–Crippen MR) is 104 cm³/mol. The van der Waals surface area contributed by atoms with Crippen LogP contribution in [0, 0.1) is 13.8 Å². The number of anilines is 1. The summed E-state index contributed by atoms with van der Waals surface area (Å²) in [6, 6.07) is 6.26. The van der Waals surface area contributed by atoms with E-state index in [1.165, 1.54) is 23.1 Å². The number of fused-ring (bicyclic) bond motifs is 1. The zero-order valence-corrected chi connectivity index (χ0v) is 16.3. The van der Waals surface area contributed by atoms with Crippen LogP contribution in [0.25, 0.3) is 4.96 Å². The van der Waals surface area contributed by atoms with E-state index in [4.69, 9.17) is 0 Å². The maximum atomic E-state index is 12.3. The van der Waals surface area contributed by atoms with Crippen molar-refractivity contribution in [2.45, 2.75) is 37.1 Å². The summed E-state index contributed by atoms with van der Waals surface area (Å²) in [7, 11) is 0. The number of nitrogens with zero attached hydrogens (tertiary/aromatic N) is 4. The molecule has 0 saturated carbocycles. The molecule has 0 aliphatic carbocycles. The van der Waals surface area contributed by atoms with Crippen LogP contribution in [0.15, 0.2) is 22.5 Å². The number of hydrogen-bond acceptors (Lipinski definition) is 7. The van der Waals surface area contributed by atoms with E-state index < -0.39 is 0 Å². The maximum absolute atomic E-state index is 12.3. The molecule has 26 heavy (non-hydrogen) atoms. The SMILES string of the molecule is Cc1ccc(C)c(NC(=O)CSc2nn3c([C@H]4CCCN4)nnc3s2)c1. The van der Waals surface area contributed by atoms with Gasteiger partial charge in [-0.3, -0.25) is 4.79 Å². The molecule has 4 rings (SSSR count). The molecule has 1 aliphatic rings. The third-order valence-electron chi connectivity index (χ3n) is 4.36. The second-order valence-electron chi connectivity index (χ2n) is 6.42. The lowest BCUT2D eigenvalue weighted by atomic mass is 10.1. The third kappa shape index (κ3) is 3.60. The number of carbonyl (C=O) groups excluding carboxylic acids is 1. The molecule has 3 aromatic rings. The average molecular weight is 389 g/mol. The Morgan fingerprint density at radius 1 is 1.42 bits per heavy atom. The predicted octanol–water partition coefficient (Wildman–Crippen LogP) is 2.96. The number of nitrogens with one attached hydrogen (secondary N) is 2. The standard InChI is InChI=1S/C17H20N6OS2/c1-10-5-6-11(2)13(8-10)19-14(24)9-25-17-22-23-15(12-4-3-7-18-12)20-21-16(23)26-17/h5-6,8,12,18H,3-4,7,9H2,1-2H3,(H,19,24)/t12-/m1/s1. The Bertz CT molecular complexity index is 944. The van der Waals surface area contributed by atoms with Crippen LogP contribution in [-0.4, -0.2) is 38.0 Å². The fourth-order valence-corrected chi connectivity index (χ4v) is 4.66. The normalized spacial score (nSPS) is 17.1. The average Bonchev–Trinajstić information content (AvgIpc) is 3.32. The van der Waals surface area contributed by atoms with E-state index in [0.717, 1.165) is 51.3 Å². The first-order chi connectivity index (χ1) is 12.6. The molecule has 0 spiro atoms. The van der Waals surface area contributed by atoms with Crippen molar-refractivity contribution >= 4 is 39.7 Å². The van der Waals surface area contributed by atoms with Gasteiger partial charge in [-0.1, -0.05) is 35.2 Å². The van der Waals surface area contributed by atoms with Crippen LogP contribution in [0.4, 0.5) is 5.69 Å². The smallest absolute Gasteiger partial charge is 0.235 e. The van der Waals surface area contributed by atoms with Crippen molar-refractivity contribution in [1.82, 2.24) is 25.1 Å². The highest BCUT2D eigenvalue weighted by Gasteiger charge is 2.23. The van der Waals surface area contributed by atoms with Crippen molar-refractivity contribution in [1.29, 1.82) is 0 Å². The van der Waals surface area contributed by atoms with Gasteiger partial charge in [0.2, 0.25) is 10.9 Å². The lowest BCUT2D eigenvalue weighted by Gasteiger charge is -2.08. The molecular formula is C17H20N6OS2. The molecule has 9 heteroatoms. The van der Waals surface area contributed by atoms with Crippen LogP contribution in [0.3, 0.4) is 0 Å². The van der Waals surface area contributed by atoms with Gasteiger partial charge in [-0.2, -0.15) is 4.52 Å². The van der Waals surface area contributed by atoms with Crippen LogP contribution in [0.1, 0.15) is 35.8 Å². The molecule has 0 unspecified atom stereocenters. The van der Waals surface area contributed by atoms with Gasteiger partial charge < -0.3 is 10.6 Å². The summed E-state index contributed by atoms with van der Waals surface area (Å²) < 4.78 is 2.63. The van der Waals surface area contributed by atoms with Gasteiger partial charge in [0.05, 0.1) is 11.8 Å². The zero-order chi connectivity index (χ0) is 18.1. The number of benzene rings is 1. The second-order valence-corrected chi connectivity index (χ2v) is 8.60. The van der Waals surface area contributed by atoms with Crippen molar-refractivity contribution < 1.29 is 4.79 Å².